The zero-order valence-corrected chi connectivity index (χ0v) is 16.8. The molecule has 0 aliphatic carbocycles. The molecule has 4 rings (SSSR count). The van der Waals surface area contributed by atoms with Crippen LogP contribution in [0.4, 0.5) is 5.69 Å². The number of hydrogen-bond donors (Lipinski definition) is 3. The second kappa shape index (κ2) is 8.38. The van der Waals surface area contributed by atoms with Crippen molar-refractivity contribution in [2.75, 3.05) is 32.1 Å². The van der Waals surface area contributed by atoms with Crippen LogP contribution in [0.25, 0.3) is 10.9 Å². The summed E-state index contributed by atoms with van der Waals surface area (Å²) in [6.07, 6.45) is 5.46. The van der Waals surface area contributed by atoms with Gasteiger partial charge in [0.2, 0.25) is 0 Å². The minimum Gasteiger partial charge on any atom is -0.374 e. The number of aryl methyl sites for hydroxylation is 1. The molecular formula is C23H29N5. The van der Waals surface area contributed by atoms with Gasteiger partial charge in [-0.2, -0.15) is 0 Å². The van der Waals surface area contributed by atoms with Gasteiger partial charge in [-0.05, 0) is 48.1 Å². The molecule has 1 aromatic heterocycles. The summed E-state index contributed by atoms with van der Waals surface area (Å²) in [5, 5.41) is 8.16. The summed E-state index contributed by atoms with van der Waals surface area (Å²) in [6, 6.07) is 15.2. The molecule has 2 heterocycles. The molecule has 5 nitrogen and oxygen atoms in total. The maximum Gasteiger partial charge on any atom is 0.191 e. The summed E-state index contributed by atoms with van der Waals surface area (Å²) < 4.78 is 0. The minimum absolute atomic E-state index is 0.782. The Morgan fingerprint density at radius 3 is 2.96 bits per heavy atom. The molecule has 0 radical (unpaired) electrons. The first kappa shape index (κ1) is 18.4. The molecule has 146 valence electrons. The van der Waals surface area contributed by atoms with Crippen molar-refractivity contribution >= 4 is 22.5 Å². The van der Waals surface area contributed by atoms with Gasteiger partial charge in [0.25, 0.3) is 0 Å². The van der Waals surface area contributed by atoms with Gasteiger partial charge in [0.15, 0.2) is 5.96 Å². The highest BCUT2D eigenvalue weighted by molar-refractivity contribution is 5.83. The van der Waals surface area contributed by atoms with Gasteiger partial charge in [0, 0.05) is 56.5 Å². The topological polar surface area (TPSA) is 55.5 Å². The Kier molecular flexibility index (Phi) is 5.51. The molecule has 28 heavy (non-hydrogen) atoms. The Morgan fingerprint density at radius 2 is 2.07 bits per heavy atom. The van der Waals surface area contributed by atoms with Gasteiger partial charge in [0.05, 0.1) is 0 Å². The minimum atomic E-state index is 0.782. The zero-order chi connectivity index (χ0) is 19.3. The van der Waals surface area contributed by atoms with Crippen LogP contribution in [0.1, 0.15) is 23.1 Å². The van der Waals surface area contributed by atoms with E-state index in [-0.39, 0.29) is 0 Å². The van der Waals surface area contributed by atoms with E-state index in [2.05, 4.69) is 81.2 Å². The highest BCUT2D eigenvalue weighted by Crippen LogP contribution is 2.26. The van der Waals surface area contributed by atoms with E-state index in [0.29, 0.717) is 0 Å². The predicted octanol–water partition coefficient (Wildman–Crippen LogP) is 3.46. The van der Waals surface area contributed by atoms with Crippen molar-refractivity contribution in [3.63, 3.8) is 0 Å². The molecule has 0 unspecified atom stereocenters. The first-order valence-corrected chi connectivity index (χ1v) is 10.1. The molecule has 0 saturated carbocycles. The molecule has 5 heteroatoms. The molecule has 0 spiro atoms. The second-order valence-corrected chi connectivity index (χ2v) is 7.45. The summed E-state index contributed by atoms with van der Waals surface area (Å²) >= 11 is 0. The number of benzene rings is 2. The summed E-state index contributed by atoms with van der Waals surface area (Å²) in [7, 11) is 4.00. The molecule has 2 aromatic carbocycles. The van der Waals surface area contributed by atoms with Crippen LogP contribution in [0.2, 0.25) is 0 Å². The normalized spacial score (nSPS) is 14.2. The molecular weight excluding hydrogens is 346 g/mol. The van der Waals surface area contributed by atoms with E-state index in [1.807, 2.05) is 7.05 Å². The quantitative estimate of drug-likeness (QED) is 0.473. The number of H-pyrrole nitrogens is 1. The second-order valence-electron chi connectivity index (χ2n) is 7.45. The van der Waals surface area contributed by atoms with Gasteiger partial charge in [-0.3, -0.25) is 4.99 Å². The van der Waals surface area contributed by atoms with Crippen LogP contribution in [-0.4, -0.2) is 38.1 Å². The van der Waals surface area contributed by atoms with Gasteiger partial charge in [-0.15, -0.1) is 0 Å². The van der Waals surface area contributed by atoms with Crippen LogP contribution in [0, 0.1) is 0 Å². The average molecular weight is 376 g/mol. The zero-order valence-electron chi connectivity index (χ0n) is 16.8. The fourth-order valence-electron chi connectivity index (χ4n) is 4.01. The van der Waals surface area contributed by atoms with Crippen LogP contribution in [0.5, 0.6) is 0 Å². The van der Waals surface area contributed by atoms with Crippen molar-refractivity contribution in [1.82, 2.24) is 15.6 Å². The van der Waals surface area contributed by atoms with Crippen LogP contribution in [0.3, 0.4) is 0 Å². The Labute approximate surface area is 166 Å². The van der Waals surface area contributed by atoms with Crippen LogP contribution >= 0.6 is 0 Å². The monoisotopic (exact) mass is 375 g/mol. The molecule has 1 aliphatic heterocycles. The number of nitrogens with one attached hydrogen (secondary N) is 3. The number of para-hydroxylation sites is 1. The van der Waals surface area contributed by atoms with Gasteiger partial charge in [-0.1, -0.05) is 30.3 Å². The number of guanidine groups is 1. The first-order valence-electron chi connectivity index (χ1n) is 10.1. The van der Waals surface area contributed by atoms with E-state index >= 15 is 0 Å². The Balaban J connectivity index is 1.30. The molecule has 0 atom stereocenters. The number of fused-ring (bicyclic) bond motifs is 2. The smallest absolute Gasteiger partial charge is 0.191 e. The molecule has 0 saturated heterocycles. The van der Waals surface area contributed by atoms with E-state index in [0.717, 1.165) is 32.0 Å². The third-order valence-electron chi connectivity index (χ3n) is 5.54. The highest BCUT2D eigenvalue weighted by Gasteiger charge is 2.13. The van der Waals surface area contributed by atoms with E-state index in [1.165, 1.54) is 46.1 Å². The van der Waals surface area contributed by atoms with Crippen molar-refractivity contribution in [3.05, 3.63) is 65.4 Å². The largest absolute Gasteiger partial charge is 0.374 e. The van der Waals surface area contributed by atoms with Crippen molar-refractivity contribution in [1.29, 1.82) is 0 Å². The molecule has 3 aromatic rings. The molecule has 3 N–H and O–H groups in total. The van der Waals surface area contributed by atoms with Crippen molar-refractivity contribution in [2.45, 2.75) is 25.8 Å². The van der Waals surface area contributed by atoms with E-state index < -0.39 is 0 Å². The predicted molar refractivity (Wildman–Crippen MR) is 118 cm³/mol. The van der Waals surface area contributed by atoms with Crippen LogP contribution < -0.4 is 15.5 Å². The van der Waals surface area contributed by atoms with E-state index in [1.54, 1.807) is 0 Å². The Hall–Kier alpha value is -2.95. The molecule has 0 bridgehead atoms. The fraction of sp³-hybridized carbons (Fsp3) is 0.348. The number of aromatic nitrogens is 1. The maximum absolute atomic E-state index is 4.36. The lowest BCUT2D eigenvalue weighted by molar-refractivity contribution is 0.740. The number of rotatable bonds is 5. The molecule has 0 fully saturated rings. The summed E-state index contributed by atoms with van der Waals surface area (Å²) in [4.78, 5) is 10.0. The maximum atomic E-state index is 4.36. The lowest BCUT2D eigenvalue weighted by Crippen LogP contribution is -2.37. The van der Waals surface area contributed by atoms with Crippen molar-refractivity contribution in [3.8, 4) is 0 Å². The number of hydrogen-bond acceptors (Lipinski definition) is 2. The van der Waals surface area contributed by atoms with Gasteiger partial charge >= 0.3 is 0 Å². The number of aromatic amines is 1. The Bertz CT molecular complexity index is 972. The van der Waals surface area contributed by atoms with Crippen molar-refractivity contribution in [2.24, 2.45) is 4.99 Å². The summed E-state index contributed by atoms with van der Waals surface area (Å²) in [5.41, 5.74) is 6.65. The van der Waals surface area contributed by atoms with Gasteiger partial charge < -0.3 is 20.5 Å². The third-order valence-corrected chi connectivity index (χ3v) is 5.54. The summed E-state index contributed by atoms with van der Waals surface area (Å²) in [6.45, 7) is 2.78. The number of nitrogens with zero attached hydrogens (tertiary/aromatic N) is 2. The van der Waals surface area contributed by atoms with Gasteiger partial charge in [-0.25, -0.2) is 0 Å². The molecule has 1 aliphatic rings. The SMILES string of the molecule is CN=C(NCCc1c[nH]c2ccccc12)NCc1ccc2c(c1)CCCN2C. The Morgan fingerprint density at radius 1 is 1.18 bits per heavy atom. The first-order chi connectivity index (χ1) is 13.7. The van der Waals surface area contributed by atoms with Crippen LogP contribution in [0.15, 0.2) is 53.7 Å². The number of anilines is 1. The van der Waals surface area contributed by atoms with Crippen molar-refractivity contribution < 1.29 is 0 Å². The lowest BCUT2D eigenvalue weighted by atomic mass is 9.99. The van der Waals surface area contributed by atoms with E-state index in [4.69, 9.17) is 0 Å². The highest BCUT2D eigenvalue weighted by atomic mass is 15.2. The standard InChI is InChI=1S/C23H29N5/c1-24-23(25-12-11-19-16-26-21-8-4-3-7-20(19)21)27-15-17-9-10-22-18(14-17)6-5-13-28(22)2/h3-4,7-10,14,16,26H,5-6,11-13,15H2,1-2H3,(H2,24,25,27). The van der Waals surface area contributed by atoms with Crippen LogP contribution in [-0.2, 0) is 19.4 Å². The lowest BCUT2D eigenvalue weighted by Gasteiger charge is -2.28. The molecule has 0 amide bonds. The average Bonchev–Trinajstić information content (AvgIpc) is 3.14. The third kappa shape index (κ3) is 3.98. The van der Waals surface area contributed by atoms with Gasteiger partial charge in [0.1, 0.15) is 0 Å². The van der Waals surface area contributed by atoms with E-state index in [9.17, 15) is 0 Å². The number of aliphatic imine (C=N–C) groups is 1. The summed E-state index contributed by atoms with van der Waals surface area (Å²) in [5.74, 6) is 0.842. The fourth-order valence-corrected chi connectivity index (χ4v) is 4.01.